The van der Waals surface area contributed by atoms with Gasteiger partial charge in [-0.05, 0) is 12.1 Å². The van der Waals surface area contributed by atoms with Crippen molar-refractivity contribution in [3.8, 4) is 11.3 Å². The highest BCUT2D eigenvalue weighted by Gasteiger charge is 2.10. The van der Waals surface area contributed by atoms with E-state index in [9.17, 15) is 4.79 Å². The number of aryl methyl sites for hydroxylation is 1. The number of aldehydes is 1. The summed E-state index contributed by atoms with van der Waals surface area (Å²) in [6.45, 7) is 4.34. The van der Waals surface area contributed by atoms with Crippen molar-refractivity contribution in [2.45, 2.75) is 24.0 Å². The van der Waals surface area contributed by atoms with Crippen LogP contribution in [0.15, 0.2) is 35.5 Å². The number of hydrogen-bond acceptors (Lipinski definition) is 3. The lowest BCUT2D eigenvalue weighted by atomic mass is 10.1. The third-order valence-electron chi connectivity index (χ3n) is 2.58. The van der Waals surface area contributed by atoms with Gasteiger partial charge in [0.25, 0.3) is 0 Å². The maximum atomic E-state index is 10.9. The number of aromatic nitrogens is 2. The van der Waals surface area contributed by atoms with E-state index in [-0.39, 0.29) is 0 Å². The third-order valence-corrected chi connectivity index (χ3v) is 3.59. The Morgan fingerprint density at radius 3 is 2.50 bits per heavy atom. The number of benzene rings is 1. The molecule has 0 fully saturated rings. The molecule has 0 aliphatic carbocycles. The van der Waals surface area contributed by atoms with E-state index < -0.39 is 0 Å². The van der Waals surface area contributed by atoms with E-state index in [0.717, 1.165) is 17.5 Å². The Balaban J connectivity index is 2.34. The van der Waals surface area contributed by atoms with Crippen molar-refractivity contribution in [3.63, 3.8) is 0 Å². The number of hydrogen-bond donors (Lipinski definition) is 0. The van der Waals surface area contributed by atoms with E-state index in [2.05, 4.69) is 31.0 Å². The molecule has 2 aromatic rings. The fraction of sp³-hybridized carbons (Fsp3) is 0.286. The van der Waals surface area contributed by atoms with Crippen LogP contribution in [-0.2, 0) is 7.05 Å². The molecule has 0 bridgehead atoms. The standard InChI is InChI=1S/C14H16N2OS/c1-10(2)18-12-6-4-11(5-7-12)14-13(8-17)15-9-16(14)3/h4-10H,1-3H3. The van der Waals surface area contributed by atoms with Crippen LogP contribution in [-0.4, -0.2) is 21.1 Å². The first-order chi connectivity index (χ1) is 8.61. The highest BCUT2D eigenvalue weighted by molar-refractivity contribution is 7.99. The Kier molecular flexibility index (Phi) is 3.87. The second-order valence-corrected chi connectivity index (χ2v) is 6.05. The molecule has 0 atom stereocenters. The SMILES string of the molecule is CC(C)Sc1ccc(-c2c(C=O)ncn2C)cc1. The first kappa shape index (κ1) is 12.9. The lowest BCUT2D eigenvalue weighted by Gasteiger charge is -2.07. The summed E-state index contributed by atoms with van der Waals surface area (Å²) in [6.07, 6.45) is 2.46. The van der Waals surface area contributed by atoms with Crippen molar-refractivity contribution in [2.75, 3.05) is 0 Å². The monoisotopic (exact) mass is 260 g/mol. The van der Waals surface area contributed by atoms with Gasteiger partial charge < -0.3 is 4.57 Å². The van der Waals surface area contributed by atoms with E-state index >= 15 is 0 Å². The second kappa shape index (κ2) is 5.40. The molecule has 0 saturated heterocycles. The van der Waals surface area contributed by atoms with Crippen LogP contribution in [0.1, 0.15) is 24.3 Å². The van der Waals surface area contributed by atoms with Crippen molar-refractivity contribution in [3.05, 3.63) is 36.3 Å². The van der Waals surface area contributed by atoms with Crippen LogP contribution in [0.3, 0.4) is 0 Å². The number of carbonyl (C=O) groups is 1. The smallest absolute Gasteiger partial charge is 0.170 e. The Hall–Kier alpha value is -1.55. The van der Waals surface area contributed by atoms with Crippen molar-refractivity contribution in [2.24, 2.45) is 7.05 Å². The average molecular weight is 260 g/mol. The van der Waals surface area contributed by atoms with Gasteiger partial charge in [-0.15, -0.1) is 11.8 Å². The minimum absolute atomic E-state index is 0.488. The first-order valence-corrected chi connectivity index (χ1v) is 6.73. The second-order valence-electron chi connectivity index (χ2n) is 4.40. The lowest BCUT2D eigenvalue weighted by molar-refractivity contribution is 0.112. The number of rotatable bonds is 4. The zero-order chi connectivity index (χ0) is 13.1. The molecule has 0 radical (unpaired) electrons. The molecule has 18 heavy (non-hydrogen) atoms. The Morgan fingerprint density at radius 1 is 1.28 bits per heavy atom. The molecule has 0 spiro atoms. The zero-order valence-electron chi connectivity index (χ0n) is 10.8. The largest absolute Gasteiger partial charge is 0.333 e. The van der Waals surface area contributed by atoms with Gasteiger partial charge in [-0.2, -0.15) is 0 Å². The molecule has 0 N–H and O–H groups in total. The van der Waals surface area contributed by atoms with Crippen molar-refractivity contribution < 1.29 is 4.79 Å². The molecule has 0 unspecified atom stereocenters. The summed E-state index contributed by atoms with van der Waals surface area (Å²) in [5.74, 6) is 0. The van der Waals surface area contributed by atoms with Crippen LogP contribution in [0, 0.1) is 0 Å². The van der Waals surface area contributed by atoms with E-state index in [1.807, 2.05) is 35.5 Å². The van der Waals surface area contributed by atoms with Gasteiger partial charge in [-0.3, -0.25) is 4.79 Å². The van der Waals surface area contributed by atoms with Gasteiger partial charge in [0, 0.05) is 22.8 Å². The maximum absolute atomic E-state index is 10.9. The van der Waals surface area contributed by atoms with Gasteiger partial charge in [0.05, 0.1) is 12.0 Å². The molecule has 94 valence electrons. The summed E-state index contributed by atoms with van der Waals surface area (Å²) in [4.78, 5) is 16.3. The predicted molar refractivity (Wildman–Crippen MR) is 75.0 cm³/mol. The normalized spacial score (nSPS) is 10.9. The highest BCUT2D eigenvalue weighted by Crippen LogP contribution is 2.27. The van der Waals surface area contributed by atoms with E-state index in [1.165, 1.54) is 4.90 Å². The summed E-state index contributed by atoms with van der Waals surface area (Å²) in [5, 5.41) is 0.568. The summed E-state index contributed by atoms with van der Waals surface area (Å²) in [5.41, 5.74) is 2.37. The number of nitrogens with zero attached hydrogens (tertiary/aromatic N) is 2. The summed E-state index contributed by atoms with van der Waals surface area (Å²) < 4.78 is 1.87. The number of carbonyl (C=O) groups excluding carboxylic acids is 1. The summed E-state index contributed by atoms with van der Waals surface area (Å²) in [6, 6.07) is 8.24. The number of imidazole rings is 1. The maximum Gasteiger partial charge on any atom is 0.170 e. The molecule has 0 saturated carbocycles. The van der Waals surface area contributed by atoms with E-state index in [0.29, 0.717) is 10.9 Å². The minimum Gasteiger partial charge on any atom is -0.333 e. The minimum atomic E-state index is 0.488. The van der Waals surface area contributed by atoms with Crippen molar-refractivity contribution >= 4 is 18.0 Å². The van der Waals surface area contributed by atoms with Gasteiger partial charge in [-0.25, -0.2) is 4.98 Å². The van der Waals surface area contributed by atoms with Crippen molar-refractivity contribution in [1.29, 1.82) is 0 Å². The zero-order valence-corrected chi connectivity index (χ0v) is 11.6. The Morgan fingerprint density at radius 2 is 1.94 bits per heavy atom. The highest BCUT2D eigenvalue weighted by atomic mass is 32.2. The van der Waals surface area contributed by atoms with Crippen LogP contribution in [0.25, 0.3) is 11.3 Å². The molecule has 4 heteroatoms. The molecular formula is C14H16N2OS. The van der Waals surface area contributed by atoms with Crippen LogP contribution in [0.2, 0.25) is 0 Å². The lowest BCUT2D eigenvalue weighted by Crippen LogP contribution is -1.93. The molecule has 0 aliphatic heterocycles. The summed E-state index contributed by atoms with van der Waals surface area (Å²) >= 11 is 1.83. The topological polar surface area (TPSA) is 34.9 Å². The molecule has 1 aromatic heterocycles. The van der Waals surface area contributed by atoms with Crippen LogP contribution < -0.4 is 0 Å². The summed E-state index contributed by atoms with van der Waals surface area (Å²) in [7, 11) is 1.89. The third kappa shape index (κ3) is 2.64. The molecule has 1 aromatic carbocycles. The molecule has 0 amide bonds. The first-order valence-electron chi connectivity index (χ1n) is 5.85. The van der Waals surface area contributed by atoms with Crippen LogP contribution in [0.5, 0.6) is 0 Å². The van der Waals surface area contributed by atoms with Gasteiger partial charge in [0.1, 0.15) is 5.69 Å². The van der Waals surface area contributed by atoms with Gasteiger partial charge in [-0.1, -0.05) is 26.0 Å². The molecule has 3 nitrogen and oxygen atoms in total. The van der Waals surface area contributed by atoms with Crippen LogP contribution in [0.4, 0.5) is 0 Å². The predicted octanol–water partition coefficient (Wildman–Crippen LogP) is 3.40. The van der Waals surface area contributed by atoms with Gasteiger partial charge in [0.2, 0.25) is 0 Å². The van der Waals surface area contributed by atoms with E-state index in [1.54, 1.807) is 6.33 Å². The van der Waals surface area contributed by atoms with E-state index in [4.69, 9.17) is 0 Å². The Bertz CT molecular complexity index is 543. The molecule has 2 rings (SSSR count). The van der Waals surface area contributed by atoms with Crippen LogP contribution >= 0.6 is 11.8 Å². The Labute approximate surface area is 111 Å². The molecule has 1 heterocycles. The molecular weight excluding hydrogens is 244 g/mol. The van der Waals surface area contributed by atoms with Gasteiger partial charge >= 0.3 is 0 Å². The van der Waals surface area contributed by atoms with Gasteiger partial charge in [0.15, 0.2) is 6.29 Å². The fourth-order valence-corrected chi connectivity index (χ4v) is 2.69. The van der Waals surface area contributed by atoms with Crippen molar-refractivity contribution in [1.82, 2.24) is 9.55 Å². The number of thioether (sulfide) groups is 1. The average Bonchev–Trinajstić information content (AvgIpc) is 2.71. The molecule has 0 aliphatic rings. The quantitative estimate of drug-likeness (QED) is 0.624. The fourth-order valence-electron chi connectivity index (χ4n) is 1.85.